The number of hydrogen-bond acceptors (Lipinski definition) is 2. The van der Waals surface area contributed by atoms with Crippen LogP contribution >= 0.6 is 31.9 Å². The molecule has 1 aliphatic rings. The van der Waals surface area contributed by atoms with Gasteiger partial charge in [0.25, 0.3) is 0 Å². The fourth-order valence-corrected chi connectivity index (χ4v) is 2.01. The molecule has 0 N–H and O–H groups in total. The Morgan fingerprint density at radius 2 is 1.44 bits per heavy atom. The third-order valence-electron chi connectivity index (χ3n) is 1.50. The molecule has 1 saturated carbocycles. The Morgan fingerprint density at radius 1 is 1.11 bits per heavy atom. The molecule has 0 atom stereocenters. The van der Waals surface area contributed by atoms with Crippen molar-refractivity contribution in [3.63, 3.8) is 0 Å². The standard InChI is InChI=1S/C5H4Br2O2/c6-3(8)5(1-2-5)4(7)9/h1-2H2. The largest absolute Gasteiger partial charge is 0.286 e. The molecule has 0 spiro atoms. The Labute approximate surface area is 69.3 Å². The Kier molecular flexibility index (Phi) is 1.78. The van der Waals surface area contributed by atoms with E-state index in [0.29, 0.717) is 12.8 Å². The molecule has 0 aromatic carbocycles. The lowest BCUT2D eigenvalue weighted by Crippen LogP contribution is -2.15. The number of halogens is 2. The molecule has 1 fully saturated rings. The average molecular weight is 256 g/mol. The van der Waals surface area contributed by atoms with Crippen molar-refractivity contribution in [2.75, 3.05) is 0 Å². The lowest BCUT2D eigenvalue weighted by Gasteiger charge is -1.99. The first kappa shape index (κ1) is 7.41. The van der Waals surface area contributed by atoms with Crippen molar-refractivity contribution in [3.05, 3.63) is 0 Å². The second-order valence-electron chi connectivity index (χ2n) is 2.13. The minimum Gasteiger partial charge on any atom is -0.286 e. The molecule has 0 aromatic heterocycles. The SMILES string of the molecule is O=C(Br)C1(C(=O)Br)CC1. The third kappa shape index (κ3) is 1.10. The monoisotopic (exact) mass is 254 g/mol. The van der Waals surface area contributed by atoms with Crippen LogP contribution < -0.4 is 0 Å². The molecular weight excluding hydrogens is 252 g/mol. The van der Waals surface area contributed by atoms with Crippen molar-refractivity contribution in [2.24, 2.45) is 5.41 Å². The van der Waals surface area contributed by atoms with Crippen LogP contribution in [0, 0.1) is 5.41 Å². The van der Waals surface area contributed by atoms with Gasteiger partial charge in [0, 0.05) is 0 Å². The molecule has 9 heavy (non-hydrogen) atoms. The fraction of sp³-hybridized carbons (Fsp3) is 0.600. The van der Waals surface area contributed by atoms with E-state index in [-0.39, 0.29) is 9.39 Å². The molecule has 4 heteroatoms. The first-order valence-corrected chi connectivity index (χ1v) is 4.08. The highest BCUT2D eigenvalue weighted by molar-refractivity contribution is 9.19. The zero-order valence-corrected chi connectivity index (χ0v) is 7.66. The lowest BCUT2D eigenvalue weighted by atomic mass is 10.2. The summed E-state index contributed by atoms with van der Waals surface area (Å²) in [6, 6.07) is 0. The van der Waals surface area contributed by atoms with Gasteiger partial charge in [-0.3, -0.25) is 9.59 Å². The van der Waals surface area contributed by atoms with Gasteiger partial charge in [-0.15, -0.1) is 0 Å². The summed E-state index contributed by atoms with van der Waals surface area (Å²) in [6.45, 7) is 0. The molecule has 0 saturated heterocycles. The van der Waals surface area contributed by atoms with Crippen LogP contribution in [0.15, 0.2) is 0 Å². The predicted octanol–water partition coefficient (Wildman–Crippen LogP) is 1.61. The van der Waals surface area contributed by atoms with Gasteiger partial charge in [0.15, 0.2) is 0 Å². The van der Waals surface area contributed by atoms with Gasteiger partial charge in [-0.05, 0) is 44.7 Å². The van der Waals surface area contributed by atoms with Crippen LogP contribution in [0.2, 0.25) is 0 Å². The van der Waals surface area contributed by atoms with Crippen molar-refractivity contribution < 1.29 is 9.59 Å². The summed E-state index contributed by atoms with van der Waals surface area (Å²) in [5, 5.41) is 0. The summed E-state index contributed by atoms with van der Waals surface area (Å²) < 4.78 is -0.395. The van der Waals surface area contributed by atoms with Crippen molar-refractivity contribution in [1.29, 1.82) is 0 Å². The molecular formula is C5H4Br2O2. The third-order valence-corrected chi connectivity index (χ3v) is 3.02. The minimum absolute atomic E-state index is 0.197. The molecule has 1 rings (SSSR count). The van der Waals surface area contributed by atoms with Gasteiger partial charge >= 0.3 is 0 Å². The van der Waals surface area contributed by atoms with Gasteiger partial charge in [0.2, 0.25) is 9.39 Å². The molecule has 1 aliphatic carbocycles. The van der Waals surface area contributed by atoms with E-state index >= 15 is 0 Å². The molecule has 0 unspecified atom stereocenters. The number of rotatable bonds is 2. The maximum absolute atomic E-state index is 10.6. The summed E-state index contributed by atoms with van der Waals surface area (Å²) in [4.78, 5) is 21.3. The van der Waals surface area contributed by atoms with Gasteiger partial charge in [0.05, 0.1) is 0 Å². The van der Waals surface area contributed by atoms with E-state index in [1.165, 1.54) is 0 Å². The van der Waals surface area contributed by atoms with E-state index in [2.05, 4.69) is 31.9 Å². The van der Waals surface area contributed by atoms with E-state index in [4.69, 9.17) is 0 Å². The Hall–Kier alpha value is 0.300. The van der Waals surface area contributed by atoms with Crippen LogP contribution in [0.4, 0.5) is 0 Å². The van der Waals surface area contributed by atoms with E-state index in [1.807, 2.05) is 0 Å². The minimum atomic E-state index is -0.694. The molecule has 50 valence electrons. The van der Waals surface area contributed by atoms with E-state index in [9.17, 15) is 9.59 Å². The average Bonchev–Trinajstić information content (AvgIpc) is 2.40. The molecule has 0 amide bonds. The summed E-state index contributed by atoms with van der Waals surface area (Å²) in [7, 11) is 0. The van der Waals surface area contributed by atoms with Crippen LogP contribution in [-0.2, 0) is 9.59 Å². The van der Waals surface area contributed by atoms with Crippen LogP contribution in [0.5, 0.6) is 0 Å². The molecule has 0 radical (unpaired) electrons. The van der Waals surface area contributed by atoms with Crippen molar-refractivity contribution in [1.82, 2.24) is 0 Å². The summed E-state index contributed by atoms with van der Waals surface area (Å²) in [5.74, 6) is 0. The highest BCUT2D eigenvalue weighted by atomic mass is 79.9. The smallest absolute Gasteiger partial charge is 0.212 e. The van der Waals surface area contributed by atoms with Crippen molar-refractivity contribution in [3.8, 4) is 0 Å². The van der Waals surface area contributed by atoms with Crippen molar-refractivity contribution >= 4 is 41.2 Å². The Morgan fingerprint density at radius 3 is 1.44 bits per heavy atom. The Balaban J connectivity index is 2.75. The van der Waals surface area contributed by atoms with Gasteiger partial charge in [-0.1, -0.05) is 0 Å². The van der Waals surface area contributed by atoms with Gasteiger partial charge in [-0.25, -0.2) is 0 Å². The van der Waals surface area contributed by atoms with E-state index < -0.39 is 5.41 Å². The van der Waals surface area contributed by atoms with Gasteiger partial charge in [0.1, 0.15) is 5.41 Å². The maximum Gasteiger partial charge on any atom is 0.212 e. The normalized spacial score (nSPS) is 21.1. The number of hydrogen-bond donors (Lipinski definition) is 0. The van der Waals surface area contributed by atoms with Gasteiger partial charge < -0.3 is 0 Å². The maximum atomic E-state index is 10.6. The highest BCUT2D eigenvalue weighted by Crippen LogP contribution is 2.50. The number of carbonyl (C=O) groups is 2. The van der Waals surface area contributed by atoms with E-state index in [1.54, 1.807) is 0 Å². The van der Waals surface area contributed by atoms with Crippen LogP contribution in [0.3, 0.4) is 0 Å². The fourth-order valence-electron chi connectivity index (χ4n) is 0.595. The molecule has 0 aliphatic heterocycles. The van der Waals surface area contributed by atoms with Crippen LogP contribution in [-0.4, -0.2) is 9.39 Å². The van der Waals surface area contributed by atoms with E-state index in [0.717, 1.165) is 0 Å². The first-order chi connectivity index (χ1) is 4.09. The van der Waals surface area contributed by atoms with Crippen molar-refractivity contribution in [2.45, 2.75) is 12.8 Å². The molecule has 0 heterocycles. The zero-order valence-electron chi connectivity index (χ0n) is 4.49. The first-order valence-electron chi connectivity index (χ1n) is 2.49. The second kappa shape index (κ2) is 2.16. The summed E-state index contributed by atoms with van der Waals surface area (Å²) in [6.07, 6.45) is 1.36. The quantitative estimate of drug-likeness (QED) is 0.555. The van der Waals surface area contributed by atoms with Gasteiger partial charge in [-0.2, -0.15) is 0 Å². The van der Waals surface area contributed by atoms with Crippen LogP contribution in [0.25, 0.3) is 0 Å². The molecule has 2 nitrogen and oxygen atoms in total. The summed E-state index contributed by atoms with van der Waals surface area (Å²) >= 11 is 5.54. The molecule has 0 aromatic rings. The molecule has 0 bridgehead atoms. The lowest BCUT2D eigenvalue weighted by molar-refractivity contribution is -0.123. The Bertz CT molecular complexity index is 156. The zero-order chi connectivity index (χ0) is 7.07. The highest BCUT2D eigenvalue weighted by Gasteiger charge is 2.54. The summed E-state index contributed by atoms with van der Waals surface area (Å²) in [5.41, 5.74) is -0.694. The van der Waals surface area contributed by atoms with Crippen LogP contribution in [0.1, 0.15) is 12.8 Å². The predicted molar refractivity (Wildman–Crippen MR) is 39.5 cm³/mol. The second-order valence-corrected chi connectivity index (χ2v) is 3.57. The topological polar surface area (TPSA) is 34.1 Å². The number of carbonyl (C=O) groups excluding carboxylic acids is 2.